The zero-order chi connectivity index (χ0) is 24.2. The molecule has 0 aromatic rings. The van der Waals surface area contributed by atoms with Crippen LogP contribution < -0.4 is 0 Å². The van der Waals surface area contributed by atoms with Crippen molar-refractivity contribution in [1.29, 1.82) is 0 Å². The van der Waals surface area contributed by atoms with Gasteiger partial charge in [0.2, 0.25) is 0 Å². The number of hydrogen-bond acceptors (Lipinski definition) is 0. The molecule has 200 valence electrons. The van der Waals surface area contributed by atoms with E-state index in [1.165, 1.54) is 173 Å². The molecule has 0 saturated heterocycles. The highest BCUT2D eigenvalue weighted by atomic mass is 14.1. The Morgan fingerprint density at radius 3 is 0.758 bits per heavy atom. The van der Waals surface area contributed by atoms with Gasteiger partial charge in [-0.3, -0.25) is 0 Å². The summed E-state index contributed by atoms with van der Waals surface area (Å²) < 4.78 is 0. The Morgan fingerprint density at radius 1 is 0.273 bits per heavy atom. The predicted octanol–water partition coefficient (Wildman–Crippen LogP) is 12.8. The summed E-state index contributed by atoms with van der Waals surface area (Å²) in [6.45, 7) is 9.58. The average Bonchev–Trinajstić information content (AvgIpc) is 2.81. The van der Waals surface area contributed by atoms with Gasteiger partial charge in [-0.05, 0) is 11.8 Å². The van der Waals surface area contributed by atoms with Gasteiger partial charge >= 0.3 is 0 Å². The third kappa shape index (κ3) is 28.1. The third-order valence-corrected chi connectivity index (χ3v) is 7.99. The normalized spacial score (nSPS) is 13.5. The van der Waals surface area contributed by atoms with Crippen LogP contribution in [0.15, 0.2) is 0 Å². The van der Waals surface area contributed by atoms with E-state index in [4.69, 9.17) is 0 Å². The van der Waals surface area contributed by atoms with Crippen LogP contribution in [0.5, 0.6) is 0 Å². The average molecular weight is 465 g/mol. The monoisotopic (exact) mass is 465 g/mol. The number of rotatable bonds is 28. The molecule has 0 saturated carbocycles. The first-order valence-electron chi connectivity index (χ1n) is 16.2. The summed E-state index contributed by atoms with van der Waals surface area (Å²) in [5.74, 6) is 1.93. The maximum absolute atomic E-state index is 2.50. The van der Waals surface area contributed by atoms with Gasteiger partial charge in [0.25, 0.3) is 0 Å². The summed E-state index contributed by atoms with van der Waals surface area (Å²) in [4.78, 5) is 0. The van der Waals surface area contributed by atoms with Crippen molar-refractivity contribution in [1.82, 2.24) is 0 Å². The van der Waals surface area contributed by atoms with E-state index in [2.05, 4.69) is 27.7 Å². The Bertz CT molecular complexity index is 333. The van der Waals surface area contributed by atoms with Crippen LogP contribution >= 0.6 is 0 Å². The molecule has 0 heterocycles. The zero-order valence-corrected chi connectivity index (χ0v) is 24.2. The van der Waals surface area contributed by atoms with Gasteiger partial charge in [0.1, 0.15) is 0 Å². The lowest BCUT2D eigenvalue weighted by molar-refractivity contribution is 0.427. The molecule has 0 fully saturated rings. The molecule has 0 aliphatic rings. The van der Waals surface area contributed by atoms with Crippen molar-refractivity contribution in [2.45, 2.75) is 201 Å². The standard InChI is InChI=1S/C33H68/c1-5-7-9-10-11-12-13-14-16-19-23-26-30-33(4)31-27-24-21-18-15-17-20-22-25-29-32(3)28-8-6-2/h32-33H,5-31H2,1-4H3. The van der Waals surface area contributed by atoms with Gasteiger partial charge in [0.15, 0.2) is 0 Å². The molecular weight excluding hydrogens is 396 g/mol. The van der Waals surface area contributed by atoms with Gasteiger partial charge in [-0.2, -0.15) is 0 Å². The summed E-state index contributed by atoms with van der Waals surface area (Å²) in [7, 11) is 0. The van der Waals surface area contributed by atoms with E-state index >= 15 is 0 Å². The van der Waals surface area contributed by atoms with Crippen molar-refractivity contribution in [3.63, 3.8) is 0 Å². The van der Waals surface area contributed by atoms with Gasteiger partial charge in [0.05, 0.1) is 0 Å². The highest BCUT2D eigenvalue weighted by Gasteiger charge is 2.03. The molecule has 0 radical (unpaired) electrons. The number of hydrogen-bond donors (Lipinski definition) is 0. The SMILES string of the molecule is CCCCCCCCCCCCCCC(C)CCCCCCCCCCCC(C)CCCC. The minimum absolute atomic E-state index is 0.965. The second kappa shape index (κ2) is 28.2. The molecule has 0 aliphatic carbocycles. The number of unbranched alkanes of at least 4 members (excludes halogenated alkanes) is 20. The lowest BCUT2D eigenvalue weighted by Crippen LogP contribution is -1.95. The first kappa shape index (κ1) is 33.0. The van der Waals surface area contributed by atoms with E-state index in [-0.39, 0.29) is 0 Å². The van der Waals surface area contributed by atoms with Crippen LogP contribution in [-0.4, -0.2) is 0 Å². The van der Waals surface area contributed by atoms with Crippen molar-refractivity contribution >= 4 is 0 Å². The molecular formula is C33H68. The fourth-order valence-corrected chi connectivity index (χ4v) is 5.40. The van der Waals surface area contributed by atoms with Crippen LogP contribution in [0.4, 0.5) is 0 Å². The van der Waals surface area contributed by atoms with Crippen molar-refractivity contribution < 1.29 is 0 Å². The van der Waals surface area contributed by atoms with Crippen molar-refractivity contribution in [2.75, 3.05) is 0 Å². The molecule has 0 nitrogen and oxygen atoms in total. The minimum atomic E-state index is 0.965. The maximum atomic E-state index is 2.50. The van der Waals surface area contributed by atoms with Crippen molar-refractivity contribution in [2.24, 2.45) is 11.8 Å². The third-order valence-electron chi connectivity index (χ3n) is 7.99. The second-order valence-corrected chi connectivity index (χ2v) is 11.8. The topological polar surface area (TPSA) is 0 Å². The van der Waals surface area contributed by atoms with Crippen molar-refractivity contribution in [3.05, 3.63) is 0 Å². The highest BCUT2D eigenvalue weighted by molar-refractivity contribution is 4.57. The Kier molecular flexibility index (Phi) is 28.2. The molecule has 2 unspecified atom stereocenters. The van der Waals surface area contributed by atoms with Crippen LogP contribution in [0.25, 0.3) is 0 Å². The summed E-state index contributed by atoms with van der Waals surface area (Å²) in [6.07, 6.45) is 39.7. The summed E-state index contributed by atoms with van der Waals surface area (Å²) >= 11 is 0. The lowest BCUT2D eigenvalue weighted by Gasteiger charge is -2.11. The summed E-state index contributed by atoms with van der Waals surface area (Å²) in [6, 6.07) is 0. The Hall–Kier alpha value is 0. The fraction of sp³-hybridized carbons (Fsp3) is 1.00. The van der Waals surface area contributed by atoms with E-state index in [1.54, 1.807) is 0 Å². The highest BCUT2D eigenvalue weighted by Crippen LogP contribution is 2.20. The molecule has 33 heavy (non-hydrogen) atoms. The van der Waals surface area contributed by atoms with E-state index < -0.39 is 0 Å². The molecule has 0 heteroatoms. The quantitative estimate of drug-likeness (QED) is 0.101. The van der Waals surface area contributed by atoms with Crippen LogP contribution in [0, 0.1) is 11.8 Å². The molecule has 0 rings (SSSR count). The van der Waals surface area contributed by atoms with Crippen LogP contribution in [0.1, 0.15) is 201 Å². The van der Waals surface area contributed by atoms with Gasteiger partial charge in [-0.1, -0.05) is 201 Å². The molecule has 2 atom stereocenters. The first-order valence-corrected chi connectivity index (χ1v) is 16.2. The zero-order valence-electron chi connectivity index (χ0n) is 24.2. The first-order chi connectivity index (χ1) is 16.2. The Balaban J connectivity index is 3.18. The molecule has 0 bridgehead atoms. The van der Waals surface area contributed by atoms with Crippen LogP contribution in [0.3, 0.4) is 0 Å². The Morgan fingerprint density at radius 2 is 0.485 bits per heavy atom. The van der Waals surface area contributed by atoms with E-state index in [0.29, 0.717) is 0 Å². The summed E-state index contributed by atoms with van der Waals surface area (Å²) in [5, 5.41) is 0. The van der Waals surface area contributed by atoms with E-state index in [0.717, 1.165) is 11.8 Å². The van der Waals surface area contributed by atoms with Gasteiger partial charge < -0.3 is 0 Å². The Labute approximate surface area is 212 Å². The van der Waals surface area contributed by atoms with Crippen molar-refractivity contribution in [3.8, 4) is 0 Å². The van der Waals surface area contributed by atoms with Crippen LogP contribution in [0.2, 0.25) is 0 Å². The summed E-state index contributed by atoms with van der Waals surface area (Å²) in [5.41, 5.74) is 0. The molecule has 0 amide bonds. The fourth-order valence-electron chi connectivity index (χ4n) is 5.40. The van der Waals surface area contributed by atoms with E-state index in [9.17, 15) is 0 Å². The van der Waals surface area contributed by atoms with Gasteiger partial charge in [0, 0.05) is 0 Å². The lowest BCUT2D eigenvalue weighted by atomic mass is 9.95. The molecule has 0 spiro atoms. The smallest absolute Gasteiger partial charge is 0.0443 e. The molecule has 0 aromatic heterocycles. The van der Waals surface area contributed by atoms with Gasteiger partial charge in [-0.15, -0.1) is 0 Å². The molecule has 0 aromatic carbocycles. The van der Waals surface area contributed by atoms with E-state index in [1.807, 2.05) is 0 Å². The largest absolute Gasteiger partial charge is 0.0654 e. The second-order valence-electron chi connectivity index (χ2n) is 11.8. The predicted molar refractivity (Wildman–Crippen MR) is 154 cm³/mol. The van der Waals surface area contributed by atoms with Gasteiger partial charge in [-0.25, -0.2) is 0 Å². The minimum Gasteiger partial charge on any atom is -0.0654 e. The van der Waals surface area contributed by atoms with Crippen LogP contribution in [-0.2, 0) is 0 Å². The molecule has 0 N–H and O–H groups in total. The maximum Gasteiger partial charge on any atom is -0.0443 e. The molecule has 0 aliphatic heterocycles.